The van der Waals surface area contributed by atoms with E-state index < -0.39 is 27.5 Å². The van der Waals surface area contributed by atoms with Crippen LogP contribution >= 0.6 is 33.9 Å². The molecule has 1 aliphatic heterocycles. The van der Waals surface area contributed by atoms with Crippen molar-refractivity contribution in [3.8, 4) is 0 Å². The van der Waals surface area contributed by atoms with E-state index >= 15 is 0 Å². The molecule has 182 valence electrons. The second kappa shape index (κ2) is 9.55. The first-order valence-electron chi connectivity index (χ1n) is 10.5. The van der Waals surface area contributed by atoms with Gasteiger partial charge in [0.2, 0.25) is 10.0 Å². The number of sulfonamides is 1. The number of benzene rings is 1. The normalized spacial score (nSPS) is 17.1. The number of carbonyl (C=O) groups is 1. The van der Waals surface area contributed by atoms with Crippen molar-refractivity contribution in [1.29, 1.82) is 0 Å². The number of nitrogens with zero attached hydrogens (tertiary/aromatic N) is 2. The lowest BCUT2D eigenvalue weighted by molar-refractivity contribution is 0.0507. The summed E-state index contributed by atoms with van der Waals surface area (Å²) in [4.78, 5) is 17.0. The molecule has 1 saturated heterocycles. The number of halogens is 2. The van der Waals surface area contributed by atoms with E-state index in [0.717, 1.165) is 14.9 Å². The number of fused-ring (bicyclic) bond motifs is 1. The number of hydrogen-bond acceptors (Lipinski definition) is 7. The van der Waals surface area contributed by atoms with E-state index in [9.17, 15) is 17.6 Å². The van der Waals surface area contributed by atoms with E-state index in [4.69, 9.17) is 4.74 Å². The fourth-order valence-electron chi connectivity index (χ4n) is 3.63. The van der Waals surface area contributed by atoms with Crippen LogP contribution in [0.3, 0.4) is 0 Å². The van der Waals surface area contributed by atoms with Gasteiger partial charge in [-0.3, -0.25) is 0 Å². The Kier molecular flexibility index (Phi) is 7.04. The molecule has 3 heterocycles. The number of hydrogen-bond donors (Lipinski definition) is 2. The molecule has 0 saturated carbocycles. The molecular formula is C22H24FIN4O4S2. The fraction of sp³-hybridized carbons (Fsp3) is 0.364. The lowest BCUT2D eigenvalue weighted by atomic mass is 10.2. The Morgan fingerprint density at radius 1 is 1.32 bits per heavy atom. The molecule has 4 rings (SSSR count). The lowest BCUT2D eigenvalue weighted by Crippen LogP contribution is -2.41. The number of pyridine rings is 1. The molecule has 0 spiro atoms. The maximum absolute atomic E-state index is 14.5. The minimum absolute atomic E-state index is 0.0523. The highest BCUT2D eigenvalue weighted by atomic mass is 127. The topological polar surface area (TPSA) is 101 Å². The van der Waals surface area contributed by atoms with Crippen LogP contribution in [0.4, 0.5) is 19.9 Å². The second-order valence-electron chi connectivity index (χ2n) is 8.86. The standard InChI is InChI=1S/C22H24FIN4O4S2/c1-22(2,3)32-21(29)26-14-8-10-28(12-14)34(30,31)18-15-5-4-9-25-19(15)33-20(18)27-17-7-6-13(24)11-16(17)23/h4-7,9,11,14,27H,8,10,12H2,1-3H3,(H,26,29)/t14-/m0/s1. The van der Waals surface area contributed by atoms with Crippen LogP contribution < -0.4 is 10.6 Å². The Morgan fingerprint density at radius 2 is 2.09 bits per heavy atom. The molecule has 34 heavy (non-hydrogen) atoms. The maximum Gasteiger partial charge on any atom is 0.407 e. The van der Waals surface area contributed by atoms with Crippen LogP contribution in [0.1, 0.15) is 27.2 Å². The SMILES string of the molecule is CC(C)(C)OC(=O)N[C@H]1CCN(S(=O)(=O)c2c(Nc3ccc(I)cc3F)sc3ncccc23)C1. The van der Waals surface area contributed by atoms with Crippen LogP contribution in [0.15, 0.2) is 41.4 Å². The van der Waals surface area contributed by atoms with Gasteiger partial charge in [-0.1, -0.05) is 11.3 Å². The van der Waals surface area contributed by atoms with E-state index in [0.29, 0.717) is 16.6 Å². The molecule has 0 bridgehead atoms. The second-order valence-corrected chi connectivity index (χ2v) is 13.0. The number of nitrogens with one attached hydrogen (secondary N) is 2. The van der Waals surface area contributed by atoms with Gasteiger partial charge in [0.05, 0.1) is 5.69 Å². The van der Waals surface area contributed by atoms with Crippen molar-refractivity contribution in [3.63, 3.8) is 0 Å². The van der Waals surface area contributed by atoms with Gasteiger partial charge in [-0.25, -0.2) is 22.6 Å². The monoisotopic (exact) mass is 618 g/mol. The maximum atomic E-state index is 14.5. The quantitative estimate of drug-likeness (QED) is 0.388. The van der Waals surface area contributed by atoms with E-state index in [1.165, 1.54) is 10.4 Å². The summed E-state index contributed by atoms with van der Waals surface area (Å²) >= 11 is 3.16. The van der Waals surface area contributed by atoms with Crippen LogP contribution in [-0.4, -0.2) is 48.5 Å². The number of rotatable bonds is 5. The van der Waals surface area contributed by atoms with Crippen molar-refractivity contribution in [2.24, 2.45) is 0 Å². The van der Waals surface area contributed by atoms with Crippen LogP contribution in [0.25, 0.3) is 10.2 Å². The van der Waals surface area contributed by atoms with Gasteiger partial charge in [-0.05, 0) is 80.1 Å². The Labute approximate surface area is 215 Å². The van der Waals surface area contributed by atoms with Crippen molar-refractivity contribution >= 4 is 70.9 Å². The molecule has 1 atom stereocenters. The molecule has 1 amide bonds. The zero-order valence-electron chi connectivity index (χ0n) is 18.8. The molecule has 2 N–H and O–H groups in total. The summed E-state index contributed by atoms with van der Waals surface area (Å²) in [6.45, 7) is 5.63. The van der Waals surface area contributed by atoms with Crippen molar-refractivity contribution < 1.29 is 22.3 Å². The Bertz CT molecular complexity index is 1340. The molecule has 3 aromatic rings. The van der Waals surface area contributed by atoms with Crippen molar-refractivity contribution in [2.75, 3.05) is 18.4 Å². The molecule has 1 aromatic carbocycles. The number of anilines is 2. The number of carbonyl (C=O) groups excluding carboxylic acids is 1. The number of thiophene rings is 1. The summed E-state index contributed by atoms with van der Waals surface area (Å²) in [6, 6.07) is 7.66. The highest BCUT2D eigenvalue weighted by molar-refractivity contribution is 14.1. The minimum Gasteiger partial charge on any atom is -0.444 e. The zero-order valence-corrected chi connectivity index (χ0v) is 22.6. The Morgan fingerprint density at radius 3 is 2.79 bits per heavy atom. The third-order valence-electron chi connectivity index (χ3n) is 5.07. The third kappa shape index (κ3) is 5.44. The van der Waals surface area contributed by atoms with Crippen molar-refractivity contribution in [2.45, 2.75) is 43.7 Å². The van der Waals surface area contributed by atoms with Gasteiger partial charge < -0.3 is 15.4 Å². The predicted molar refractivity (Wildman–Crippen MR) is 139 cm³/mol. The summed E-state index contributed by atoms with van der Waals surface area (Å²) in [5, 5.41) is 6.46. The summed E-state index contributed by atoms with van der Waals surface area (Å²) in [5.74, 6) is -0.483. The average Bonchev–Trinajstić information content (AvgIpc) is 3.33. The number of ether oxygens (including phenoxy) is 1. The molecule has 0 radical (unpaired) electrons. The first-order chi connectivity index (χ1) is 15.9. The summed E-state index contributed by atoms with van der Waals surface area (Å²) < 4.78 is 49.4. The van der Waals surface area contributed by atoms with E-state index in [1.807, 2.05) is 22.6 Å². The van der Waals surface area contributed by atoms with Crippen molar-refractivity contribution in [1.82, 2.24) is 14.6 Å². The average molecular weight is 618 g/mol. The minimum atomic E-state index is -3.97. The van der Waals surface area contributed by atoms with E-state index in [-0.39, 0.29) is 34.7 Å². The van der Waals surface area contributed by atoms with Gasteiger partial charge in [0.1, 0.15) is 26.1 Å². The van der Waals surface area contributed by atoms with Crippen LogP contribution in [-0.2, 0) is 14.8 Å². The van der Waals surface area contributed by atoms with Gasteiger partial charge in [0, 0.05) is 34.3 Å². The molecule has 2 aromatic heterocycles. The van der Waals surface area contributed by atoms with Crippen LogP contribution in [0.2, 0.25) is 0 Å². The molecule has 8 nitrogen and oxygen atoms in total. The smallest absolute Gasteiger partial charge is 0.407 e. The summed E-state index contributed by atoms with van der Waals surface area (Å²) in [6.07, 6.45) is 1.45. The Hall–Kier alpha value is -2.03. The first-order valence-corrected chi connectivity index (χ1v) is 13.9. The van der Waals surface area contributed by atoms with E-state index in [2.05, 4.69) is 15.6 Å². The number of amides is 1. The number of alkyl carbamates (subject to hydrolysis) is 1. The largest absolute Gasteiger partial charge is 0.444 e. The zero-order chi connectivity index (χ0) is 24.7. The third-order valence-corrected chi connectivity index (χ3v) is 8.85. The van der Waals surface area contributed by atoms with Crippen molar-refractivity contribution in [3.05, 3.63) is 45.9 Å². The molecule has 1 aliphatic rings. The van der Waals surface area contributed by atoms with Gasteiger partial charge >= 0.3 is 6.09 Å². The molecule has 1 fully saturated rings. The van der Waals surface area contributed by atoms with Gasteiger partial charge in [0.25, 0.3) is 0 Å². The van der Waals surface area contributed by atoms with Crippen LogP contribution in [0.5, 0.6) is 0 Å². The first kappa shape index (κ1) is 25.1. The highest BCUT2D eigenvalue weighted by Gasteiger charge is 2.37. The van der Waals surface area contributed by atoms with E-state index in [1.54, 1.807) is 51.2 Å². The molecule has 0 unspecified atom stereocenters. The highest BCUT2D eigenvalue weighted by Crippen LogP contribution is 2.41. The number of aromatic nitrogens is 1. The molecule has 12 heteroatoms. The molecule has 0 aliphatic carbocycles. The van der Waals surface area contributed by atoms with Gasteiger partial charge in [-0.2, -0.15) is 4.31 Å². The summed E-state index contributed by atoms with van der Waals surface area (Å²) in [5.41, 5.74) is -0.475. The van der Waals surface area contributed by atoms with Gasteiger partial charge in [-0.15, -0.1) is 0 Å². The fourth-order valence-corrected chi connectivity index (χ4v) is 7.25. The lowest BCUT2D eigenvalue weighted by Gasteiger charge is -2.22. The van der Waals surface area contributed by atoms with Crippen LogP contribution in [0, 0.1) is 9.39 Å². The predicted octanol–water partition coefficient (Wildman–Crippen LogP) is 5.07. The summed E-state index contributed by atoms with van der Waals surface area (Å²) in [7, 11) is -3.97. The Balaban J connectivity index is 1.63. The molecular weight excluding hydrogens is 594 g/mol. The van der Waals surface area contributed by atoms with Gasteiger partial charge in [0.15, 0.2) is 0 Å².